The summed E-state index contributed by atoms with van der Waals surface area (Å²) in [6, 6.07) is 14.9. The fourth-order valence-electron chi connectivity index (χ4n) is 2.53. The lowest BCUT2D eigenvalue weighted by Gasteiger charge is -2.19. The largest absolute Gasteiger partial charge is 0.306 e. The summed E-state index contributed by atoms with van der Waals surface area (Å²) in [7, 11) is 0. The normalized spacial score (nSPS) is 12.7. The van der Waals surface area contributed by atoms with Gasteiger partial charge in [-0.15, -0.1) is 11.3 Å². The highest BCUT2D eigenvalue weighted by Crippen LogP contribution is 2.35. The molecule has 2 aromatic carbocycles. The Balaban J connectivity index is 2.11. The second-order valence-electron chi connectivity index (χ2n) is 4.85. The highest BCUT2D eigenvalue weighted by atomic mass is 79.9. The Morgan fingerprint density at radius 1 is 1.24 bits per heavy atom. The van der Waals surface area contributed by atoms with Gasteiger partial charge in [0.25, 0.3) is 0 Å². The van der Waals surface area contributed by atoms with Gasteiger partial charge in [-0.2, -0.15) is 0 Å². The molecule has 0 saturated carbocycles. The third kappa shape index (κ3) is 3.02. The highest BCUT2D eigenvalue weighted by molar-refractivity contribution is 9.10. The first kappa shape index (κ1) is 15.0. The Morgan fingerprint density at radius 3 is 2.81 bits per heavy atom. The van der Waals surface area contributed by atoms with Gasteiger partial charge in [-0.05, 0) is 62.6 Å². The molecule has 0 aliphatic heterocycles. The molecular formula is C17H15BrClNS. The average Bonchev–Trinajstić information content (AvgIpc) is 2.92. The summed E-state index contributed by atoms with van der Waals surface area (Å²) < 4.78 is 2.25. The van der Waals surface area contributed by atoms with Crippen LogP contribution in [0.15, 0.2) is 52.3 Å². The van der Waals surface area contributed by atoms with Crippen LogP contribution in [0, 0.1) is 0 Å². The third-order valence-electron chi connectivity index (χ3n) is 3.51. The quantitative estimate of drug-likeness (QED) is 0.584. The number of hydrogen-bond acceptors (Lipinski definition) is 2. The van der Waals surface area contributed by atoms with E-state index in [-0.39, 0.29) is 6.04 Å². The molecule has 4 heteroatoms. The number of rotatable bonds is 4. The Morgan fingerprint density at radius 2 is 2.05 bits per heavy atom. The lowest BCUT2D eigenvalue weighted by Crippen LogP contribution is -2.21. The first-order valence-electron chi connectivity index (χ1n) is 6.85. The monoisotopic (exact) mass is 379 g/mol. The summed E-state index contributed by atoms with van der Waals surface area (Å²) in [6.45, 7) is 3.03. The minimum Gasteiger partial charge on any atom is -0.306 e. The summed E-state index contributed by atoms with van der Waals surface area (Å²) in [6.07, 6.45) is 0. The second kappa shape index (κ2) is 6.49. The summed E-state index contributed by atoms with van der Waals surface area (Å²) in [5.74, 6) is 0. The van der Waals surface area contributed by atoms with Gasteiger partial charge in [0, 0.05) is 9.17 Å². The van der Waals surface area contributed by atoms with E-state index in [0.29, 0.717) is 0 Å². The van der Waals surface area contributed by atoms with E-state index in [0.717, 1.165) is 16.0 Å². The molecule has 0 radical (unpaired) electrons. The third-order valence-corrected chi connectivity index (χ3v) is 5.72. The van der Waals surface area contributed by atoms with Crippen molar-refractivity contribution in [1.82, 2.24) is 5.32 Å². The molecule has 0 spiro atoms. The van der Waals surface area contributed by atoms with Crippen LogP contribution in [0.1, 0.15) is 24.1 Å². The van der Waals surface area contributed by atoms with Crippen LogP contribution < -0.4 is 5.32 Å². The van der Waals surface area contributed by atoms with Gasteiger partial charge in [0.1, 0.15) is 0 Å². The number of thiophene rings is 1. The van der Waals surface area contributed by atoms with E-state index in [9.17, 15) is 0 Å². The standard InChI is InChI=1S/C17H15BrClNS/c1-2-20-17(11-7-8-14(18)15(19)9-11)13-10-21-16-6-4-3-5-12(13)16/h3-10,17,20H,2H2,1H3. The van der Waals surface area contributed by atoms with Crippen molar-refractivity contribution >= 4 is 49.0 Å². The van der Waals surface area contributed by atoms with Crippen LogP contribution in [0.25, 0.3) is 10.1 Å². The average molecular weight is 381 g/mol. The van der Waals surface area contributed by atoms with E-state index in [4.69, 9.17) is 11.6 Å². The number of hydrogen-bond donors (Lipinski definition) is 1. The molecule has 21 heavy (non-hydrogen) atoms. The molecule has 0 aliphatic carbocycles. The summed E-state index contributed by atoms with van der Waals surface area (Å²) in [4.78, 5) is 0. The maximum atomic E-state index is 6.27. The minimum absolute atomic E-state index is 0.164. The van der Waals surface area contributed by atoms with Gasteiger partial charge < -0.3 is 5.32 Å². The number of fused-ring (bicyclic) bond motifs is 1. The van der Waals surface area contributed by atoms with Crippen molar-refractivity contribution in [3.8, 4) is 0 Å². The molecular weight excluding hydrogens is 366 g/mol. The lowest BCUT2D eigenvalue weighted by atomic mass is 9.98. The van der Waals surface area contributed by atoms with Gasteiger partial charge in [0.15, 0.2) is 0 Å². The van der Waals surface area contributed by atoms with Crippen LogP contribution in [0.3, 0.4) is 0 Å². The van der Waals surface area contributed by atoms with E-state index in [2.05, 4.69) is 63.9 Å². The molecule has 0 saturated heterocycles. The molecule has 1 heterocycles. The SMILES string of the molecule is CCNC(c1ccc(Br)c(Cl)c1)c1csc2ccccc12. The van der Waals surface area contributed by atoms with Crippen molar-refractivity contribution < 1.29 is 0 Å². The van der Waals surface area contributed by atoms with E-state index < -0.39 is 0 Å². The molecule has 1 nitrogen and oxygen atoms in total. The molecule has 1 aromatic heterocycles. The number of benzene rings is 2. The summed E-state index contributed by atoms with van der Waals surface area (Å²) in [5, 5.41) is 7.87. The minimum atomic E-state index is 0.164. The fraction of sp³-hybridized carbons (Fsp3) is 0.176. The van der Waals surface area contributed by atoms with Crippen molar-refractivity contribution in [2.75, 3.05) is 6.54 Å². The van der Waals surface area contributed by atoms with E-state index >= 15 is 0 Å². The zero-order valence-corrected chi connectivity index (χ0v) is 14.7. The number of halogens is 2. The number of nitrogens with one attached hydrogen (secondary N) is 1. The van der Waals surface area contributed by atoms with Gasteiger partial charge in [-0.1, -0.05) is 42.8 Å². The van der Waals surface area contributed by atoms with Gasteiger partial charge in [0.2, 0.25) is 0 Å². The van der Waals surface area contributed by atoms with Crippen LogP contribution in [0.4, 0.5) is 0 Å². The molecule has 0 amide bonds. The van der Waals surface area contributed by atoms with E-state index in [1.165, 1.54) is 21.2 Å². The van der Waals surface area contributed by atoms with Crippen molar-refractivity contribution in [3.05, 3.63) is 68.5 Å². The highest BCUT2D eigenvalue weighted by Gasteiger charge is 2.17. The molecule has 1 unspecified atom stereocenters. The van der Waals surface area contributed by atoms with Gasteiger partial charge in [-0.25, -0.2) is 0 Å². The first-order chi connectivity index (χ1) is 10.2. The Hall–Kier alpha value is -0.870. The summed E-state index contributed by atoms with van der Waals surface area (Å²) in [5.41, 5.74) is 2.50. The smallest absolute Gasteiger partial charge is 0.0591 e. The predicted octanol–water partition coefficient (Wildman–Crippen LogP) is 6.02. The Bertz CT molecular complexity index is 768. The van der Waals surface area contributed by atoms with Crippen molar-refractivity contribution in [1.29, 1.82) is 0 Å². The zero-order chi connectivity index (χ0) is 14.8. The molecule has 0 fully saturated rings. The second-order valence-corrected chi connectivity index (χ2v) is 7.02. The molecule has 0 bridgehead atoms. The fourth-order valence-corrected chi connectivity index (χ4v) is 3.95. The maximum Gasteiger partial charge on any atom is 0.0591 e. The van der Waals surface area contributed by atoms with Crippen molar-refractivity contribution in [2.24, 2.45) is 0 Å². The van der Waals surface area contributed by atoms with Crippen LogP contribution in [0.2, 0.25) is 5.02 Å². The van der Waals surface area contributed by atoms with Crippen LogP contribution in [0.5, 0.6) is 0 Å². The van der Waals surface area contributed by atoms with Gasteiger partial charge >= 0.3 is 0 Å². The molecule has 3 aromatic rings. The lowest BCUT2D eigenvalue weighted by molar-refractivity contribution is 0.636. The van der Waals surface area contributed by atoms with Gasteiger partial charge in [0.05, 0.1) is 11.1 Å². The zero-order valence-electron chi connectivity index (χ0n) is 11.6. The van der Waals surface area contributed by atoms with Crippen molar-refractivity contribution in [2.45, 2.75) is 13.0 Å². The topological polar surface area (TPSA) is 12.0 Å². The van der Waals surface area contributed by atoms with E-state index in [1.54, 1.807) is 11.3 Å². The van der Waals surface area contributed by atoms with Crippen molar-refractivity contribution in [3.63, 3.8) is 0 Å². The van der Waals surface area contributed by atoms with Gasteiger partial charge in [-0.3, -0.25) is 0 Å². The molecule has 1 atom stereocenters. The molecule has 1 N–H and O–H groups in total. The Labute approximate surface area is 142 Å². The maximum absolute atomic E-state index is 6.27. The van der Waals surface area contributed by atoms with Crippen LogP contribution in [-0.2, 0) is 0 Å². The van der Waals surface area contributed by atoms with Crippen LogP contribution in [-0.4, -0.2) is 6.54 Å². The molecule has 0 aliphatic rings. The Kier molecular flexibility index (Phi) is 4.65. The first-order valence-corrected chi connectivity index (χ1v) is 8.90. The molecule has 108 valence electrons. The predicted molar refractivity (Wildman–Crippen MR) is 96.5 cm³/mol. The molecule has 3 rings (SSSR count). The van der Waals surface area contributed by atoms with E-state index in [1.807, 2.05) is 12.1 Å². The summed E-state index contributed by atoms with van der Waals surface area (Å²) >= 11 is 11.5. The van der Waals surface area contributed by atoms with Crippen LogP contribution >= 0.6 is 38.9 Å².